The summed E-state index contributed by atoms with van der Waals surface area (Å²) < 4.78 is 29.2. The average Bonchev–Trinajstić information content (AvgIpc) is 3.12. The first-order valence-corrected chi connectivity index (χ1v) is 8.84. The van der Waals surface area contributed by atoms with Gasteiger partial charge in [0.2, 0.25) is 0 Å². The Balaban J connectivity index is 1.45. The Morgan fingerprint density at radius 1 is 1.12 bits per heavy atom. The standard InChI is InChI=1S/C18H17FN2O3S/c1-22-14-8-6-13(7-9-14)18-20-17(21-24-18)12-25-11-10-23-16-5-3-2-4-15(16)19/h2-9H,10-12H2,1H3. The van der Waals surface area contributed by atoms with E-state index in [0.29, 0.717) is 29.8 Å². The SMILES string of the molecule is COc1ccc(-c2nc(CSCCOc3ccccc3F)no2)cc1. The minimum absolute atomic E-state index is 0.268. The van der Waals surface area contributed by atoms with Gasteiger partial charge in [0.05, 0.1) is 19.5 Å². The number of para-hydroxylation sites is 1. The first-order chi connectivity index (χ1) is 12.3. The lowest BCUT2D eigenvalue weighted by molar-refractivity contribution is 0.325. The van der Waals surface area contributed by atoms with Crippen molar-refractivity contribution < 1.29 is 18.4 Å². The second-order valence-electron chi connectivity index (χ2n) is 5.08. The fourth-order valence-corrected chi connectivity index (χ4v) is 2.74. The molecule has 1 aromatic heterocycles. The lowest BCUT2D eigenvalue weighted by Gasteiger charge is -2.05. The molecule has 0 unspecified atom stereocenters. The Kier molecular flexibility index (Phi) is 5.90. The van der Waals surface area contributed by atoms with Gasteiger partial charge in [-0.25, -0.2) is 4.39 Å². The van der Waals surface area contributed by atoms with Crippen LogP contribution in [0.3, 0.4) is 0 Å². The third-order valence-corrected chi connectivity index (χ3v) is 4.28. The second kappa shape index (κ2) is 8.53. The summed E-state index contributed by atoms with van der Waals surface area (Å²) in [6.07, 6.45) is 0. The predicted molar refractivity (Wildman–Crippen MR) is 94.3 cm³/mol. The van der Waals surface area contributed by atoms with Crippen molar-refractivity contribution in [3.8, 4) is 23.0 Å². The van der Waals surface area contributed by atoms with Gasteiger partial charge in [0.15, 0.2) is 17.4 Å². The van der Waals surface area contributed by atoms with Crippen LogP contribution >= 0.6 is 11.8 Å². The number of methoxy groups -OCH3 is 1. The smallest absolute Gasteiger partial charge is 0.257 e. The van der Waals surface area contributed by atoms with Crippen molar-refractivity contribution in [3.05, 3.63) is 60.2 Å². The zero-order chi connectivity index (χ0) is 17.5. The van der Waals surface area contributed by atoms with Gasteiger partial charge in [-0.05, 0) is 36.4 Å². The zero-order valence-corrected chi connectivity index (χ0v) is 14.5. The molecule has 0 aliphatic rings. The van der Waals surface area contributed by atoms with E-state index in [0.717, 1.165) is 11.3 Å². The number of hydrogen-bond donors (Lipinski definition) is 0. The van der Waals surface area contributed by atoms with Crippen LogP contribution in [0.5, 0.6) is 11.5 Å². The summed E-state index contributed by atoms with van der Waals surface area (Å²) >= 11 is 1.59. The van der Waals surface area contributed by atoms with Crippen LogP contribution in [-0.2, 0) is 5.75 Å². The van der Waals surface area contributed by atoms with E-state index in [-0.39, 0.29) is 11.6 Å². The first kappa shape index (κ1) is 17.3. The van der Waals surface area contributed by atoms with Crippen LogP contribution in [-0.4, -0.2) is 29.6 Å². The molecule has 2 aromatic carbocycles. The van der Waals surface area contributed by atoms with Crippen LogP contribution in [0.15, 0.2) is 53.1 Å². The van der Waals surface area contributed by atoms with Gasteiger partial charge in [0.25, 0.3) is 5.89 Å². The molecule has 7 heteroatoms. The molecular weight excluding hydrogens is 343 g/mol. The molecule has 0 radical (unpaired) electrons. The van der Waals surface area contributed by atoms with Crippen molar-refractivity contribution in [1.29, 1.82) is 0 Å². The van der Waals surface area contributed by atoms with E-state index in [1.165, 1.54) is 6.07 Å². The number of benzene rings is 2. The maximum Gasteiger partial charge on any atom is 0.257 e. The number of hydrogen-bond acceptors (Lipinski definition) is 6. The van der Waals surface area contributed by atoms with Crippen molar-refractivity contribution in [2.24, 2.45) is 0 Å². The van der Waals surface area contributed by atoms with Crippen molar-refractivity contribution >= 4 is 11.8 Å². The van der Waals surface area contributed by atoms with E-state index < -0.39 is 0 Å². The van der Waals surface area contributed by atoms with Gasteiger partial charge in [0, 0.05) is 11.3 Å². The topological polar surface area (TPSA) is 57.4 Å². The van der Waals surface area contributed by atoms with Crippen LogP contribution in [0.25, 0.3) is 11.5 Å². The molecule has 0 fully saturated rings. The summed E-state index contributed by atoms with van der Waals surface area (Å²) in [6.45, 7) is 0.411. The Morgan fingerprint density at radius 2 is 1.92 bits per heavy atom. The van der Waals surface area contributed by atoms with Crippen LogP contribution in [0, 0.1) is 5.82 Å². The molecule has 0 bridgehead atoms. The largest absolute Gasteiger partial charge is 0.497 e. The van der Waals surface area contributed by atoms with Crippen LogP contribution in [0.4, 0.5) is 4.39 Å². The zero-order valence-electron chi connectivity index (χ0n) is 13.6. The number of nitrogens with zero attached hydrogens (tertiary/aromatic N) is 2. The van der Waals surface area contributed by atoms with Gasteiger partial charge < -0.3 is 14.0 Å². The molecule has 130 valence electrons. The number of thioether (sulfide) groups is 1. The summed E-state index contributed by atoms with van der Waals surface area (Å²) in [5.41, 5.74) is 0.840. The van der Waals surface area contributed by atoms with Gasteiger partial charge in [-0.15, -0.1) is 0 Å². The lowest BCUT2D eigenvalue weighted by Crippen LogP contribution is -2.02. The van der Waals surface area contributed by atoms with E-state index in [1.54, 1.807) is 37.1 Å². The molecule has 25 heavy (non-hydrogen) atoms. The van der Waals surface area contributed by atoms with Gasteiger partial charge in [-0.2, -0.15) is 16.7 Å². The van der Waals surface area contributed by atoms with Crippen LogP contribution in [0.2, 0.25) is 0 Å². The highest BCUT2D eigenvalue weighted by Crippen LogP contribution is 2.22. The maximum atomic E-state index is 13.4. The van der Waals surface area contributed by atoms with Gasteiger partial charge in [-0.3, -0.25) is 0 Å². The number of ether oxygens (including phenoxy) is 2. The highest BCUT2D eigenvalue weighted by atomic mass is 32.2. The van der Waals surface area contributed by atoms with E-state index in [2.05, 4.69) is 10.1 Å². The Labute approximate surface area is 149 Å². The molecule has 3 rings (SSSR count). The summed E-state index contributed by atoms with van der Waals surface area (Å²) in [5, 5.41) is 3.97. The molecule has 0 N–H and O–H groups in total. The maximum absolute atomic E-state index is 13.4. The quantitative estimate of drug-likeness (QED) is 0.561. The molecule has 0 aliphatic carbocycles. The highest BCUT2D eigenvalue weighted by molar-refractivity contribution is 7.98. The normalized spacial score (nSPS) is 10.6. The second-order valence-corrected chi connectivity index (χ2v) is 6.18. The third-order valence-electron chi connectivity index (χ3n) is 3.36. The molecule has 0 saturated carbocycles. The highest BCUT2D eigenvalue weighted by Gasteiger charge is 2.09. The molecule has 0 spiro atoms. The predicted octanol–water partition coefficient (Wildman–Crippen LogP) is 4.20. The van der Waals surface area contributed by atoms with Crippen molar-refractivity contribution in [2.75, 3.05) is 19.5 Å². The van der Waals surface area contributed by atoms with Crippen molar-refractivity contribution in [2.45, 2.75) is 5.75 Å². The fraction of sp³-hybridized carbons (Fsp3) is 0.222. The average molecular weight is 360 g/mol. The number of rotatable bonds is 8. The Bertz CT molecular complexity index is 808. The molecular formula is C18H17FN2O3S. The monoisotopic (exact) mass is 360 g/mol. The minimum atomic E-state index is -0.352. The van der Waals surface area contributed by atoms with E-state index in [9.17, 15) is 4.39 Å². The fourth-order valence-electron chi connectivity index (χ4n) is 2.10. The molecule has 0 saturated heterocycles. The van der Waals surface area contributed by atoms with Gasteiger partial charge in [0.1, 0.15) is 5.75 Å². The minimum Gasteiger partial charge on any atom is -0.497 e. The molecule has 0 aliphatic heterocycles. The van der Waals surface area contributed by atoms with E-state index in [4.69, 9.17) is 14.0 Å². The van der Waals surface area contributed by atoms with Crippen LogP contribution in [0.1, 0.15) is 5.82 Å². The molecule has 0 amide bonds. The van der Waals surface area contributed by atoms with E-state index >= 15 is 0 Å². The van der Waals surface area contributed by atoms with Gasteiger partial charge >= 0.3 is 0 Å². The lowest BCUT2D eigenvalue weighted by atomic mass is 10.2. The third kappa shape index (κ3) is 4.73. The molecule has 0 atom stereocenters. The molecule has 5 nitrogen and oxygen atoms in total. The number of halogens is 1. The van der Waals surface area contributed by atoms with Crippen molar-refractivity contribution in [1.82, 2.24) is 10.1 Å². The summed E-state index contributed by atoms with van der Waals surface area (Å²) in [5.74, 6) is 3.07. The molecule has 3 aromatic rings. The number of aromatic nitrogens is 2. The summed E-state index contributed by atoms with van der Waals surface area (Å²) in [7, 11) is 1.62. The summed E-state index contributed by atoms with van der Waals surface area (Å²) in [6, 6.07) is 13.8. The molecule has 1 heterocycles. The van der Waals surface area contributed by atoms with Crippen LogP contribution < -0.4 is 9.47 Å². The summed E-state index contributed by atoms with van der Waals surface area (Å²) in [4.78, 5) is 4.37. The first-order valence-electron chi connectivity index (χ1n) is 7.68. The van der Waals surface area contributed by atoms with E-state index in [1.807, 2.05) is 24.3 Å². The van der Waals surface area contributed by atoms with Gasteiger partial charge in [-0.1, -0.05) is 17.3 Å². The Morgan fingerprint density at radius 3 is 2.68 bits per heavy atom. The Hall–Kier alpha value is -2.54. The van der Waals surface area contributed by atoms with Crippen molar-refractivity contribution in [3.63, 3.8) is 0 Å².